The van der Waals surface area contributed by atoms with E-state index in [9.17, 15) is 28.3 Å². The van der Waals surface area contributed by atoms with Crippen LogP contribution >= 0.6 is 11.3 Å². The SMILES string of the molecule is Cc1nc(-c2ccc(O[C@H]3CO[C@H]4[C@@H]3OC[C@@H]4OCC(F)(F)F)c(C#N)c2)sc1C(=O)O. The van der Waals surface area contributed by atoms with Crippen LogP contribution in [0.1, 0.15) is 20.9 Å². The van der Waals surface area contributed by atoms with Crippen molar-refractivity contribution in [3.8, 4) is 22.4 Å². The summed E-state index contributed by atoms with van der Waals surface area (Å²) in [6.45, 7) is 0.223. The van der Waals surface area contributed by atoms with Crippen molar-refractivity contribution in [2.24, 2.45) is 0 Å². The van der Waals surface area contributed by atoms with E-state index in [1.807, 2.05) is 6.07 Å². The largest absolute Gasteiger partial charge is 0.484 e. The van der Waals surface area contributed by atoms with E-state index in [1.54, 1.807) is 19.1 Å². The summed E-state index contributed by atoms with van der Waals surface area (Å²) in [4.78, 5) is 15.6. The fourth-order valence-corrected chi connectivity index (χ4v) is 4.51. The van der Waals surface area contributed by atoms with Crippen molar-refractivity contribution < 1.29 is 42.0 Å². The molecule has 2 fully saturated rings. The zero-order chi connectivity index (χ0) is 23.0. The van der Waals surface area contributed by atoms with E-state index in [2.05, 4.69) is 4.98 Å². The third-order valence-corrected chi connectivity index (χ3v) is 6.23. The fraction of sp³-hybridized carbons (Fsp3) is 0.450. The van der Waals surface area contributed by atoms with E-state index < -0.39 is 43.2 Å². The monoisotopic (exact) mass is 470 g/mol. The Morgan fingerprint density at radius 3 is 2.62 bits per heavy atom. The summed E-state index contributed by atoms with van der Waals surface area (Å²) in [5.41, 5.74) is 1.14. The molecule has 0 aliphatic carbocycles. The number of hydrogen-bond donors (Lipinski definition) is 1. The lowest BCUT2D eigenvalue weighted by Gasteiger charge is -2.19. The number of carboxylic acids is 1. The molecule has 32 heavy (non-hydrogen) atoms. The van der Waals surface area contributed by atoms with E-state index in [4.69, 9.17) is 18.9 Å². The Morgan fingerprint density at radius 2 is 2.00 bits per heavy atom. The molecule has 1 aromatic carbocycles. The maximum absolute atomic E-state index is 12.4. The number of thiazole rings is 1. The number of nitriles is 1. The number of hydrogen-bond acceptors (Lipinski definition) is 8. The molecule has 0 saturated carbocycles. The number of fused-ring (bicyclic) bond motifs is 1. The van der Waals surface area contributed by atoms with E-state index >= 15 is 0 Å². The average Bonchev–Trinajstić information content (AvgIpc) is 3.42. The molecule has 2 aromatic rings. The Labute approximate surface area is 184 Å². The lowest BCUT2D eigenvalue weighted by Crippen LogP contribution is -2.36. The second kappa shape index (κ2) is 8.67. The van der Waals surface area contributed by atoms with Crippen LogP contribution in [0.25, 0.3) is 10.6 Å². The van der Waals surface area contributed by atoms with Gasteiger partial charge in [-0.05, 0) is 25.1 Å². The fourth-order valence-electron chi connectivity index (χ4n) is 3.61. The first-order valence-corrected chi connectivity index (χ1v) is 10.3. The van der Waals surface area contributed by atoms with Crippen molar-refractivity contribution in [3.05, 3.63) is 34.3 Å². The molecule has 0 radical (unpaired) electrons. The lowest BCUT2D eigenvalue weighted by atomic mass is 10.1. The number of alkyl halides is 3. The summed E-state index contributed by atoms with van der Waals surface area (Å²) in [6, 6.07) is 6.78. The number of benzene rings is 1. The molecule has 8 nitrogen and oxygen atoms in total. The molecule has 0 unspecified atom stereocenters. The van der Waals surface area contributed by atoms with Gasteiger partial charge in [0.25, 0.3) is 0 Å². The van der Waals surface area contributed by atoms with Crippen LogP contribution in [-0.2, 0) is 14.2 Å². The summed E-state index contributed by atoms with van der Waals surface area (Å²) in [5, 5.41) is 19.2. The van der Waals surface area contributed by atoms with Crippen molar-refractivity contribution in [1.29, 1.82) is 5.26 Å². The van der Waals surface area contributed by atoms with Gasteiger partial charge in [-0.25, -0.2) is 9.78 Å². The minimum absolute atomic E-state index is 0.0510. The van der Waals surface area contributed by atoms with Crippen LogP contribution in [-0.4, -0.2) is 66.5 Å². The summed E-state index contributed by atoms with van der Waals surface area (Å²) in [5.74, 6) is -0.822. The minimum atomic E-state index is -4.45. The molecule has 0 amide bonds. The molecule has 0 spiro atoms. The van der Waals surface area contributed by atoms with Gasteiger partial charge in [-0.3, -0.25) is 0 Å². The number of aromatic nitrogens is 1. The highest BCUT2D eigenvalue weighted by Gasteiger charge is 2.50. The summed E-state index contributed by atoms with van der Waals surface area (Å²) >= 11 is 1.00. The molecule has 4 atom stereocenters. The van der Waals surface area contributed by atoms with Gasteiger partial charge in [-0.15, -0.1) is 11.3 Å². The maximum Gasteiger partial charge on any atom is 0.411 e. The number of nitrogens with zero attached hydrogens (tertiary/aromatic N) is 2. The van der Waals surface area contributed by atoms with E-state index in [0.717, 1.165) is 11.3 Å². The molecular formula is C20H17F3N2O6S. The minimum Gasteiger partial charge on any atom is -0.484 e. The number of carbonyl (C=O) groups is 1. The Bertz CT molecular complexity index is 1070. The molecule has 2 aliphatic rings. The lowest BCUT2D eigenvalue weighted by molar-refractivity contribution is -0.192. The Hall–Kier alpha value is -2.72. The van der Waals surface area contributed by atoms with E-state index in [0.29, 0.717) is 16.3 Å². The van der Waals surface area contributed by atoms with Gasteiger partial charge in [0, 0.05) is 5.56 Å². The van der Waals surface area contributed by atoms with Crippen molar-refractivity contribution in [3.63, 3.8) is 0 Å². The molecule has 12 heteroatoms. The predicted octanol–water partition coefficient (Wildman–Crippen LogP) is 3.18. The van der Waals surface area contributed by atoms with Crippen LogP contribution in [0.2, 0.25) is 0 Å². The number of aromatic carboxylic acids is 1. The van der Waals surface area contributed by atoms with Crippen LogP contribution in [0, 0.1) is 18.3 Å². The number of carboxylic acid groups (broad SMARTS) is 1. The molecule has 2 aliphatic heterocycles. The number of aryl methyl sites for hydroxylation is 1. The topological polar surface area (TPSA) is 111 Å². The third-order valence-electron chi connectivity index (χ3n) is 5.04. The van der Waals surface area contributed by atoms with E-state index in [-0.39, 0.29) is 29.4 Å². The van der Waals surface area contributed by atoms with Crippen LogP contribution in [0.3, 0.4) is 0 Å². The van der Waals surface area contributed by atoms with Gasteiger partial charge < -0.3 is 24.1 Å². The van der Waals surface area contributed by atoms with Gasteiger partial charge in [0.2, 0.25) is 0 Å². The summed E-state index contributed by atoms with van der Waals surface area (Å²) in [6.07, 6.45) is -7.25. The van der Waals surface area contributed by atoms with Crippen LogP contribution in [0.15, 0.2) is 18.2 Å². The van der Waals surface area contributed by atoms with Crippen molar-refractivity contribution >= 4 is 17.3 Å². The quantitative estimate of drug-likeness (QED) is 0.686. The standard InChI is InChI=1S/C20H17F3N2O6S/c1-9-17(19(26)27)32-18(25-9)10-2-3-12(11(4-10)5-24)31-14-7-29-15-13(6-28-16(14)15)30-8-20(21,22)23/h2-4,13-16H,6-8H2,1H3,(H,26,27)/t13-,14-,15+,16+/m0/s1. The smallest absolute Gasteiger partial charge is 0.411 e. The Kier molecular flexibility index (Phi) is 6.09. The second-order valence-electron chi connectivity index (χ2n) is 7.28. The maximum atomic E-state index is 12.4. The molecule has 3 heterocycles. The van der Waals surface area contributed by atoms with Gasteiger partial charge in [-0.2, -0.15) is 18.4 Å². The van der Waals surface area contributed by atoms with Gasteiger partial charge >= 0.3 is 12.1 Å². The average molecular weight is 470 g/mol. The van der Waals surface area contributed by atoms with Gasteiger partial charge in [0.1, 0.15) is 46.6 Å². The third kappa shape index (κ3) is 4.56. The number of rotatable bonds is 6. The highest BCUT2D eigenvalue weighted by Crippen LogP contribution is 2.35. The first-order valence-electron chi connectivity index (χ1n) is 9.49. The van der Waals surface area contributed by atoms with Crippen molar-refractivity contribution in [2.45, 2.75) is 37.5 Å². The zero-order valence-electron chi connectivity index (χ0n) is 16.6. The summed E-state index contributed by atoms with van der Waals surface area (Å²) < 4.78 is 59.2. The summed E-state index contributed by atoms with van der Waals surface area (Å²) in [7, 11) is 0. The van der Waals surface area contributed by atoms with Crippen molar-refractivity contribution in [1.82, 2.24) is 4.98 Å². The van der Waals surface area contributed by atoms with Crippen LogP contribution in [0.4, 0.5) is 13.2 Å². The highest BCUT2D eigenvalue weighted by molar-refractivity contribution is 7.17. The first-order chi connectivity index (χ1) is 15.2. The molecule has 0 bridgehead atoms. The second-order valence-corrected chi connectivity index (χ2v) is 8.28. The molecule has 2 saturated heterocycles. The Balaban J connectivity index is 1.47. The Morgan fingerprint density at radius 1 is 1.31 bits per heavy atom. The normalized spacial score (nSPS) is 24.8. The van der Waals surface area contributed by atoms with Crippen molar-refractivity contribution in [2.75, 3.05) is 19.8 Å². The van der Waals surface area contributed by atoms with Gasteiger partial charge in [0.05, 0.1) is 24.5 Å². The molecule has 170 valence electrons. The first kappa shape index (κ1) is 22.5. The molecular weight excluding hydrogens is 453 g/mol. The van der Waals surface area contributed by atoms with Crippen LogP contribution in [0.5, 0.6) is 5.75 Å². The van der Waals surface area contributed by atoms with Gasteiger partial charge in [-0.1, -0.05) is 0 Å². The molecule has 4 rings (SSSR count). The van der Waals surface area contributed by atoms with Crippen LogP contribution < -0.4 is 4.74 Å². The molecule has 1 aromatic heterocycles. The number of ether oxygens (including phenoxy) is 4. The van der Waals surface area contributed by atoms with E-state index in [1.165, 1.54) is 6.07 Å². The highest BCUT2D eigenvalue weighted by atomic mass is 32.1. The zero-order valence-corrected chi connectivity index (χ0v) is 17.4. The number of halogens is 3. The molecule has 1 N–H and O–H groups in total. The predicted molar refractivity (Wildman–Crippen MR) is 104 cm³/mol. The van der Waals surface area contributed by atoms with Gasteiger partial charge in [0.15, 0.2) is 6.10 Å².